The van der Waals surface area contributed by atoms with Crippen molar-refractivity contribution < 1.29 is 9.53 Å². The van der Waals surface area contributed by atoms with E-state index >= 15 is 0 Å². The molecule has 0 amide bonds. The lowest BCUT2D eigenvalue weighted by atomic mass is 10.4. The first-order valence-electron chi connectivity index (χ1n) is 6.09. The third kappa shape index (κ3) is 2.93. The van der Waals surface area contributed by atoms with Crippen LogP contribution >= 0.6 is 0 Å². The summed E-state index contributed by atoms with van der Waals surface area (Å²) in [6, 6.07) is 0. The van der Waals surface area contributed by atoms with Crippen molar-refractivity contribution in [2.45, 2.75) is 26.9 Å². The molecule has 0 aliphatic rings. The molecular formula is C12H17N5O2. The minimum absolute atomic E-state index is 0.171. The summed E-state index contributed by atoms with van der Waals surface area (Å²) < 4.78 is 8.52. The van der Waals surface area contributed by atoms with Crippen LogP contribution in [0.4, 0.5) is 5.69 Å². The van der Waals surface area contributed by atoms with Crippen molar-refractivity contribution in [3.8, 4) is 0 Å². The number of carbonyl (C=O) groups excluding carboxylic acids is 1. The largest absolute Gasteiger partial charge is 0.461 e. The maximum atomic E-state index is 11.6. The molecule has 7 heteroatoms. The van der Waals surface area contributed by atoms with Crippen molar-refractivity contribution in [3.05, 3.63) is 30.1 Å². The molecule has 0 atom stereocenters. The smallest absolute Gasteiger partial charge is 0.361 e. The zero-order valence-corrected chi connectivity index (χ0v) is 11.0. The first-order chi connectivity index (χ1) is 9.11. The number of aryl methyl sites for hydroxylation is 3. The quantitative estimate of drug-likeness (QED) is 0.808. The molecule has 2 heterocycles. The van der Waals surface area contributed by atoms with Crippen LogP contribution < -0.4 is 5.73 Å². The molecular weight excluding hydrogens is 246 g/mol. The fourth-order valence-electron chi connectivity index (χ4n) is 1.76. The molecule has 0 aliphatic carbocycles. The van der Waals surface area contributed by atoms with Gasteiger partial charge < -0.3 is 15.0 Å². The number of ether oxygens (including phenoxy) is 1. The number of nitrogens with two attached hydrogens (primary N) is 1. The van der Waals surface area contributed by atoms with Crippen molar-refractivity contribution in [1.29, 1.82) is 0 Å². The highest BCUT2D eigenvalue weighted by molar-refractivity contribution is 5.92. The van der Waals surface area contributed by atoms with E-state index in [2.05, 4.69) is 10.1 Å². The van der Waals surface area contributed by atoms with Crippen LogP contribution in [0.5, 0.6) is 0 Å². The molecule has 0 fully saturated rings. The Morgan fingerprint density at radius 1 is 1.47 bits per heavy atom. The predicted molar refractivity (Wildman–Crippen MR) is 69.6 cm³/mol. The third-order valence-corrected chi connectivity index (χ3v) is 2.75. The standard InChI is InChI=1S/C12H17N5O2/c1-3-19-12(18)11-10(13)8-17(15-11)7-6-16-5-4-14-9(16)2/h4-5,8H,3,6-7,13H2,1-2H3. The van der Waals surface area contributed by atoms with Gasteiger partial charge in [-0.15, -0.1) is 0 Å². The summed E-state index contributed by atoms with van der Waals surface area (Å²) in [7, 11) is 0. The van der Waals surface area contributed by atoms with Gasteiger partial charge in [-0.25, -0.2) is 9.78 Å². The third-order valence-electron chi connectivity index (χ3n) is 2.75. The first-order valence-corrected chi connectivity index (χ1v) is 6.09. The first kappa shape index (κ1) is 13.1. The number of hydrogen-bond acceptors (Lipinski definition) is 5. The molecule has 2 rings (SSSR count). The summed E-state index contributed by atoms with van der Waals surface area (Å²) in [6.45, 7) is 5.31. The van der Waals surface area contributed by atoms with Gasteiger partial charge in [0, 0.05) is 25.1 Å². The van der Waals surface area contributed by atoms with Crippen LogP contribution in [0.1, 0.15) is 23.2 Å². The number of nitrogen functional groups attached to an aromatic ring is 1. The van der Waals surface area contributed by atoms with Crippen molar-refractivity contribution >= 4 is 11.7 Å². The zero-order valence-electron chi connectivity index (χ0n) is 11.0. The molecule has 19 heavy (non-hydrogen) atoms. The average molecular weight is 263 g/mol. The van der Waals surface area contributed by atoms with Crippen LogP contribution in [-0.4, -0.2) is 31.9 Å². The Balaban J connectivity index is 2.04. The number of imidazole rings is 1. The molecule has 2 aromatic heterocycles. The van der Waals surface area contributed by atoms with Gasteiger partial charge in [-0.1, -0.05) is 0 Å². The van der Waals surface area contributed by atoms with E-state index in [1.165, 1.54) is 0 Å². The normalized spacial score (nSPS) is 10.6. The fourth-order valence-corrected chi connectivity index (χ4v) is 1.76. The van der Waals surface area contributed by atoms with E-state index in [4.69, 9.17) is 10.5 Å². The van der Waals surface area contributed by atoms with Crippen LogP contribution in [0.15, 0.2) is 18.6 Å². The monoisotopic (exact) mass is 263 g/mol. The fraction of sp³-hybridized carbons (Fsp3) is 0.417. The van der Waals surface area contributed by atoms with E-state index in [9.17, 15) is 4.79 Å². The molecule has 7 nitrogen and oxygen atoms in total. The molecule has 0 aliphatic heterocycles. The Kier molecular flexibility index (Phi) is 3.84. The lowest BCUT2D eigenvalue weighted by molar-refractivity contribution is 0.0519. The molecule has 0 radical (unpaired) electrons. The van der Waals surface area contributed by atoms with Crippen molar-refractivity contribution in [1.82, 2.24) is 19.3 Å². The molecule has 0 saturated carbocycles. The number of anilines is 1. The van der Waals surface area contributed by atoms with Gasteiger partial charge >= 0.3 is 5.97 Å². The highest BCUT2D eigenvalue weighted by Gasteiger charge is 2.15. The summed E-state index contributed by atoms with van der Waals surface area (Å²) in [5.74, 6) is 0.448. The second-order valence-electron chi connectivity index (χ2n) is 4.08. The van der Waals surface area contributed by atoms with Crippen LogP contribution in [0.25, 0.3) is 0 Å². The minimum Gasteiger partial charge on any atom is -0.461 e. The Labute approximate surface area is 111 Å². The number of esters is 1. The van der Waals surface area contributed by atoms with E-state index in [0.29, 0.717) is 18.8 Å². The maximum Gasteiger partial charge on any atom is 0.361 e. The van der Waals surface area contributed by atoms with Gasteiger partial charge in [0.1, 0.15) is 5.82 Å². The molecule has 102 valence electrons. The van der Waals surface area contributed by atoms with Crippen molar-refractivity contribution in [3.63, 3.8) is 0 Å². The Bertz CT molecular complexity index is 572. The van der Waals surface area contributed by atoms with Gasteiger partial charge in [0.25, 0.3) is 0 Å². The van der Waals surface area contributed by atoms with Gasteiger partial charge in [0.05, 0.1) is 18.8 Å². The topological polar surface area (TPSA) is 88.0 Å². The summed E-state index contributed by atoms with van der Waals surface area (Å²) in [5, 5.41) is 4.14. The number of hydrogen-bond donors (Lipinski definition) is 1. The molecule has 0 spiro atoms. The minimum atomic E-state index is -0.488. The van der Waals surface area contributed by atoms with Gasteiger partial charge in [-0.2, -0.15) is 5.10 Å². The van der Waals surface area contributed by atoms with Crippen LogP contribution in [-0.2, 0) is 17.8 Å². The Morgan fingerprint density at radius 3 is 2.89 bits per heavy atom. The molecule has 0 saturated heterocycles. The molecule has 0 unspecified atom stereocenters. The van der Waals surface area contributed by atoms with E-state index in [1.54, 1.807) is 24.0 Å². The van der Waals surface area contributed by atoms with E-state index in [-0.39, 0.29) is 5.69 Å². The highest BCUT2D eigenvalue weighted by Crippen LogP contribution is 2.10. The van der Waals surface area contributed by atoms with Crippen molar-refractivity contribution in [2.24, 2.45) is 0 Å². The summed E-state index contributed by atoms with van der Waals surface area (Å²) in [5.41, 5.74) is 6.25. The lowest BCUT2D eigenvalue weighted by Gasteiger charge is -2.04. The lowest BCUT2D eigenvalue weighted by Crippen LogP contribution is -2.11. The van der Waals surface area contributed by atoms with Crippen LogP contribution in [0.2, 0.25) is 0 Å². The molecule has 2 N–H and O–H groups in total. The molecule has 2 aromatic rings. The molecule has 0 bridgehead atoms. The second kappa shape index (κ2) is 5.55. The van der Waals surface area contributed by atoms with E-state index in [1.807, 2.05) is 17.7 Å². The van der Waals surface area contributed by atoms with Crippen LogP contribution in [0.3, 0.4) is 0 Å². The summed E-state index contributed by atoms with van der Waals surface area (Å²) in [6.07, 6.45) is 5.28. The zero-order chi connectivity index (χ0) is 13.8. The SMILES string of the molecule is CCOC(=O)c1nn(CCn2ccnc2C)cc1N. The number of carbonyl (C=O) groups is 1. The maximum absolute atomic E-state index is 11.6. The predicted octanol–water partition coefficient (Wildman–Crippen LogP) is 0.847. The average Bonchev–Trinajstić information content (AvgIpc) is 2.93. The van der Waals surface area contributed by atoms with E-state index in [0.717, 1.165) is 12.4 Å². The Hall–Kier alpha value is -2.31. The molecule has 0 aromatic carbocycles. The van der Waals surface area contributed by atoms with Gasteiger partial charge in [-0.3, -0.25) is 4.68 Å². The van der Waals surface area contributed by atoms with Gasteiger partial charge in [0.2, 0.25) is 0 Å². The second-order valence-corrected chi connectivity index (χ2v) is 4.08. The number of aromatic nitrogens is 4. The van der Waals surface area contributed by atoms with Gasteiger partial charge in [-0.05, 0) is 13.8 Å². The Morgan fingerprint density at radius 2 is 2.26 bits per heavy atom. The summed E-state index contributed by atoms with van der Waals surface area (Å²) in [4.78, 5) is 15.7. The summed E-state index contributed by atoms with van der Waals surface area (Å²) >= 11 is 0. The van der Waals surface area contributed by atoms with Gasteiger partial charge in [0.15, 0.2) is 5.69 Å². The highest BCUT2D eigenvalue weighted by atomic mass is 16.5. The van der Waals surface area contributed by atoms with Crippen LogP contribution in [0, 0.1) is 6.92 Å². The number of nitrogens with zero attached hydrogens (tertiary/aromatic N) is 4. The van der Waals surface area contributed by atoms with Crippen molar-refractivity contribution in [2.75, 3.05) is 12.3 Å². The van der Waals surface area contributed by atoms with E-state index < -0.39 is 5.97 Å². The number of rotatable bonds is 5.